The van der Waals surface area contributed by atoms with Crippen LogP contribution < -0.4 is 9.64 Å². The zero-order valence-electron chi connectivity index (χ0n) is 11.3. The van der Waals surface area contributed by atoms with Crippen LogP contribution in [0.2, 0.25) is 0 Å². The maximum Gasteiger partial charge on any atom is 0.121 e. The molecular formula is C15H20N2O. The first-order valence-corrected chi connectivity index (χ1v) is 6.48. The SMILES string of the molecule is COc1ccc(C#N)c(N2CCC(C(C)C)C2)c1. The summed E-state index contributed by atoms with van der Waals surface area (Å²) in [7, 11) is 1.66. The first-order valence-electron chi connectivity index (χ1n) is 6.48. The quantitative estimate of drug-likeness (QED) is 0.820. The predicted molar refractivity (Wildman–Crippen MR) is 72.9 cm³/mol. The van der Waals surface area contributed by atoms with Crippen molar-refractivity contribution in [2.45, 2.75) is 20.3 Å². The summed E-state index contributed by atoms with van der Waals surface area (Å²) in [6.45, 7) is 6.61. The monoisotopic (exact) mass is 244 g/mol. The number of nitriles is 1. The third-order valence-corrected chi connectivity index (χ3v) is 3.83. The summed E-state index contributed by atoms with van der Waals surface area (Å²) < 4.78 is 5.25. The molecule has 1 heterocycles. The highest BCUT2D eigenvalue weighted by atomic mass is 16.5. The van der Waals surface area contributed by atoms with Crippen molar-refractivity contribution in [3.63, 3.8) is 0 Å². The van der Waals surface area contributed by atoms with Crippen molar-refractivity contribution in [2.24, 2.45) is 11.8 Å². The maximum atomic E-state index is 9.20. The third-order valence-electron chi connectivity index (χ3n) is 3.83. The minimum absolute atomic E-state index is 0.700. The lowest BCUT2D eigenvalue weighted by Crippen LogP contribution is -2.22. The summed E-state index contributed by atoms with van der Waals surface area (Å²) in [5, 5.41) is 9.20. The average Bonchev–Trinajstić information content (AvgIpc) is 2.87. The molecule has 1 aliphatic rings. The minimum atomic E-state index is 0.700. The fraction of sp³-hybridized carbons (Fsp3) is 0.533. The number of rotatable bonds is 3. The van der Waals surface area contributed by atoms with Crippen molar-refractivity contribution in [3.05, 3.63) is 23.8 Å². The molecule has 1 fully saturated rings. The van der Waals surface area contributed by atoms with Gasteiger partial charge in [-0.05, 0) is 30.4 Å². The van der Waals surface area contributed by atoms with E-state index in [9.17, 15) is 5.26 Å². The fourth-order valence-electron chi connectivity index (χ4n) is 2.54. The lowest BCUT2D eigenvalue weighted by atomic mass is 9.95. The van der Waals surface area contributed by atoms with Crippen LogP contribution in [0.4, 0.5) is 5.69 Å². The molecule has 1 atom stereocenters. The van der Waals surface area contributed by atoms with Crippen molar-refractivity contribution < 1.29 is 4.74 Å². The van der Waals surface area contributed by atoms with Crippen LogP contribution >= 0.6 is 0 Å². The lowest BCUT2D eigenvalue weighted by molar-refractivity contribution is 0.414. The molecule has 1 aromatic carbocycles. The van der Waals surface area contributed by atoms with Crippen LogP contribution in [-0.4, -0.2) is 20.2 Å². The number of nitrogens with zero attached hydrogens (tertiary/aromatic N) is 2. The lowest BCUT2D eigenvalue weighted by Gasteiger charge is -2.21. The Bertz CT molecular complexity index is 462. The number of anilines is 1. The summed E-state index contributed by atoms with van der Waals surface area (Å²) in [5.74, 6) is 2.24. The molecule has 0 aromatic heterocycles. The van der Waals surface area contributed by atoms with Crippen LogP contribution in [0.1, 0.15) is 25.8 Å². The summed E-state index contributed by atoms with van der Waals surface area (Å²) in [5.41, 5.74) is 1.75. The van der Waals surface area contributed by atoms with Crippen LogP contribution in [-0.2, 0) is 0 Å². The van der Waals surface area contributed by atoms with Gasteiger partial charge in [-0.1, -0.05) is 13.8 Å². The molecule has 1 saturated heterocycles. The minimum Gasteiger partial charge on any atom is -0.497 e. The average molecular weight is 244 g/mol. The molecule has 1 aromatic rings. The Balaban J connectivity index is 2.25. The van der Waals surface area contributed by atoms with E-state index < -0.39 is 0 Å². The van der Waals surface area contributed by atoms with E-state index in [4.69, 9.17) is 4.74 Å². The summed E-state index contributed by atoms with van der Waals surface area (Å²) in [6, 6.07) is 7.93. The molecule has 0 aliphatic carbocycles. The van der Waals surface area contributed by atoms with Crippen LogP contribution in [0, 0.1) is 23.2 Å². The van der Waals surface area contributed by atoms with Gasteiger partial charge in [-0.25, -0.2) is 0 Å². The van der Waals surface area contributed by atoms with Gasteiger partial charge in [-0.2, -0.15) is 5.26 Å². The number of ether oxygens (including phenoxy) is 1. The van der Waals surface area contributed by atoms with E-state index in [1.807, 2.05) is 18.2 Å². The summed E-state index contributed by atoms with van der Waals surface area (Å²) >= 11 is 0. The van der Waals surface area contributed by atoms with E-state index in [0.29, 0.717) is 5.92 Å². The molecule has 0 spiro atoms. The first kappa shape index (κ1) is 12.8. The molecule has 3 heteroatoms. The van der Waals surface area contributed by atoms with Crippen LogP contribution in [0.3, 0.4) is 0 Å². The molecule has 2 rings (SSSR count). The summed E-state index contributed by atoms with van der Waals surface area (Å²) in [4.78, 5) is 2.31. The highest BCUT2D eigenvalue weighted by Crippen LogP contribution is 2.32. The molecule has 0 bridgehead atoms. The Morgan fingerprint density at radius 3 is 2.78 bits per heavy atom. The normalized spacial score (nSPS) is 19.1. The first-order chi connectivity index (χ1) is 8.65. The number of hydrogen-bond donors (Lipinski definition) is 0. The third kappa shape index (κ3) is 2.43. The van der Waals surface area contributed by atoms with Gasteiger partial charge in [0.25, 0.3) is 0 Å². The standard InChI is InChI=1S/C15H20N2O/c1-11(2)13-6-7-17(10-13)15-8-14(18-3)5-4-12(15)9-16/h4-5,8,11,13H,6-7,10H2,1-3H3. The van der Waals surface area contributed by atoms with E-state index >= 15 is 0 Å². The largest absolute Gasteiger partial charge is 0.497 e. The topological polar surface area (TPSA) is 36.3 Å². The van der Waals surface area contributed by atoms with Crippen molar-refractivity contribution >= 4 is 5.69 Å². The second-order valence-corrected chi connectivity index (χ2v) is 5.23. The van der Waals surface area contributed by atoms with Crippen LogP contribution in [0.25, 0.3) is 0 Å². The van der Waals surface area contributed by atoms with E-state index in [2.05, 4.69) is 24.8 Å². The molecule has 1 aliphatic heterocycles. The number of hydrogen-bond acceptors (Lipinski definition) is 3. The molecule has 96 valence electrons. The highest BCUT2D eigenvalue weighted by molar-refractivity contribution is 5.62. The van der Waals surface area contributed by atoms with Gasteiger partial charge in [-0.15, -0.1) is 0 Å². The molecule has 0 amide bonds. The van der Waals surface area contributed by atoms with Gasteiger partial charge in [-0.3, -0.25) is 0 Å². The van der Waals surface area contributed by atoms with E-state index in [1.54, 1.807) is 7.11 Å². The molecule has 18 heavy (non-hydrogen) atoms. The smallest absolute Gasteiger partial charge is 0.121 e. The Labute approximate surface area is 109 Å². The van der Waals surface area contributed by atoms with Crippen molar-refractivity contribution in [2.75, 3.05) is 25.1 Å². The summed E-state index contributed by atoms with van der Waals surface area (Å²) in [6.07, 6.45) is 1.21. The second kappa shape index (κ2) is 5.30. The molecule has 1 unspecified atom stereocenters. The Kier molecular flexibility index (Phi) is 3.76. The van der Waals surface area contributed by atoms with E-state index in [-0.39, 0.29) is 0 Å². The second-order valence-electron chi connectivity index (χ2n) is 5.23. The van der Waals surface area contributed by atoms with Gasteiger partial charge < -0.3 is 9.64 Å². The van der Waals surface area contributed by atoms with Gasteiger partial charge in [0.1, 0.15) is 11.8 Å². The zero-order valence-corrected chi connectivity index (χ0v) is 11.3. The predicted octanol–water partition coefficient (Wildman–Crippen LogP) is 3.05. The molecule has 0 radical (unpaired) electrons. The van der Waals surface area contributed by atoms with E-state index in [1.165, 1.54) is 6.42 Å². The van der Waals surface area contributed by atoms with Crippen molar-refractivity contribution in [1.29, 1.82) is 5.26 Å². The number of benzene rings is 1. The van der Waals surface area contributed by atoms with Gasteiger partial charge in [0.2, 0.25) is 0 Å². The molecule has 0 saturated carbocycles. The molecule has 3 nitrogen and oxygen atoms in total. The van der Waals surface area contributed by atoms with Crippen LogP contribution in [0.15, 0.2) is 18.2 Å². The van der Waals surface area contributed by atoms with Gasteiger partial charge >= 0.3 is 0 Å². The van der Waals surface area contributed by atoms with Crippen LogP contribution in [0.5, 0.6) is 5.75 Å². The molecular weight excluding hydrogens is 224 g/mol. The van der Waals surface area contributed by atoms with Gasteiger partial charge in [0.05, 0.1) is 18.4 Å². The Morgan fingerprint density at radius 2 is 2.22 bits per heavy atom. The zero-order chi connectivity index (χ0) is 13.1. The highest BCUT2D eigenvalue weighted by Gasteiger charge is 2.26. The fourth-order valence-corrected chi connectivity index (χ4v) is 2.54. The molecule has 0 N–H and O–H groups in total. The van der Waals surface area contributed by atoms with Gasteiger partial charge in [0.15, 0.2) is 0 Å². The van der Waals surface area contributed by atoms with E-state index in [0.717, 1.165) is 36.0 Å². The van der Waals surface area contributed by atoms with Crippen molar-refractivity contribution in [1.82, 2.24) is 0 Å². The maximum absolute atomic E-state index is 9.20. The Morgan fingerprint density at radius 1 is 1.44 bits per heavy atom. The number of methoxy groups -OCH3 is 1. The van der Waals surface area contributed by atoms with Gasteiger partial charge in [0, 0.05) is 19.2 Å². The Hall–Kier alpha value is -1.69. The van der Waals surface area contributed by atoms with Crippen molar-refractivity contribution in [3.8, 4) is 11.8 Å².